The Labute approximate surface area is 199 Å². The number of amides is 4. The minimum absolute atomic E-state index is 0.119. The maximum absolute atomic E-state index is 13.0. The molecule has 0 aromatic rings. The number of carbonyl (C=O) groups is 5. The zero-order valence-corrected chi connectivity index (χ0v) is 20.9. The highest BCUT2D eigenvalue weighted by atomic mass is 32.2. The van der Waals surface area contributed by atoms with Gasteiger partial charge in [0, 0.05) is 6.42 Å². The van der Waals surface area contributed by atoms with Crippen molar-refractivity contribution < 1.29 is 29.1 Å². The largest absolute Gasteiger partial charge is 0.480 e. The van der Waals surface area contributed by atoms with Gasteiger partial charge in [0.15, 0.2) is 0 Å². The van der Waals surface area contributed by atoms with Crippen LogP contribution in [0.2, 0.25) is 0 Å². The average Bonchev–Trinajstić information content (AvgIpc) is 2.74. The summed E-state index contributed by atoms with van der Waals surface area (Å²) in [5, 5.41) is 16.9. The predicted molar refractivity (Wildman–Crippen MR) is 127 cm³/mol. The molecule has 0 aliphatic carbocycles. The molecule has 0 spiro atoms. The molecule has 33 heavy (non-hydrogen) atoms. The maximum atomic E-state index is 13.0. The van der Waals surface area contributed by atoms with E-state index in [0.717, 1.165) is 0 Å². The number of nitrogens with one attached hydrogen (secondary N) is 3. The van der Waals surface area contributed by atoms with E-state index in [1.54, 1.807) is 32.5 Å². The fourth-order valence-corrected chi connectivity index (χ4v) is 3.41. The zero-order valence-electron chi connectivity index (χ0n) is 20.1. The Bertz CT molecular complexity index is 690. The first-order valence-electron chi connectivity index (χ1n) is 11.0. The van der Waals surface area contributed by atoms with Gasteiger partial charge >= 0.3 is 5.97 Å². The Morgan fingerprint density at radius 1 is 0.909 bits per heavy atom. The van der Waals surface area contributed by atoms with Crippen molar-refractivity contribution in [3.63, 3.8) is 0 Å². The van der Waals surface area contributed by atoms with Gasteiger partial charge in [-0.15, -0.1) is 0 Å². The first-order chi connectivity index (χ1) is 15.3. The van der Waals surface area contributed by atoms with Gasteiger partial charge in [-0.25, -0.2) is 4.79 Å². The third kappa shape index (κ3) is 11.4. The van der Waals surface area contributed by atoms with E-state index in [1.165, 1.54) is 0 Å². The van der Waals surface area contributed by atoms with Gasteiger partial charge < -0.3 is 32.5 Å². The summed E-state index contributed by atoms with van der Waals surface area (Å²) in [4.78, 5) is 61.0. The number of aliphatic carboxylic acids is 1. The zero-order chi connectivity index (χ0) is 25.7. The second kappa shape index (κ2) is 15.5. The summed E-state index contributed by atoms with van der Waals surface area (Å²) in [7, 11) is 0. The molecule has 5 unspecified atom stereocenters. The molecular formula is C21H39N5O6S. The van der Waals surface area contributed by atoms with Crippen molar-refractivity contribution in [1.82, 2.24) is 16.0 Å². The number of carboxylic acids is 1. The molecule has 5 atom stereocenters. The van der Waals surface area contributed by atoms with Crippen molar-refractivity contribution >= 4 is 41.4 Å². The third-order valence-electron chi connectivity index (χ3n) is 5.31. The van der Waals surface area contributed by atoms with Crippen LogP contribution in [0.25, 0.3) is 0 Å². The molecule has 0 saturated heterocycles. The molecule has 0 rings (SSSR count). The van der Waals surface area contributed by atoms with Crippen LogP contribution in [0.4, 0.5) is 0 Å². The van der Waals surface area contributed by atoms with Crippen molar-refractivity contribution in [3.05, 3.63) is 0 Å². The molecule has 0 fully saturated rings. The Balaban J connectivity index is 5.57. The van der Waals surface area contributed by atoms with Crippen LogP contribution in [0, 0.1) is 11.8 Å². The van der Waals surface area contributed by atoms with E-state index in [-0.39, 0.29) is 18.8 Å². The van der Waals surface area contributed by atoms with Crippen LogP contribution >= 0.6 is 11.8 Å². The summed E-state index contributed by atoms with van der Waals surface area (Å²) < 4.78 is 0. The normalized spacial score (nSPS) is 15.6. The summed E-state index contributed by atoms with van der Waals surface area (Å²) in [6.45, 7) is 6.88. The molecule has 0 radical (unpaired) electrons. The highest BCUT2D eigenvalue weighted by Crippen LogP contribution is 2.11. The molecule has 0 aromatic carbocycles. The molecule has 0 aromatic heterocycles. The Hall–Kier alpha value is -2.34. The first kappa shape index (κ1) is 30.7. The lowest BCUT2D eigenvalue weighted by Gasteiger charge is -2.28. The number of thioether (sulfide) groups is 1. The van der Waals surface area contributed by atoms with Gasteiger partial charge in [-0.1, -0.05) is 34.1 Å². The Morgan fingerprint density at radius 3 is 1.94 bits per heavy atom. The second-order valence-corrected chi connectivity index (χ2v) is 9.38. The standard InChI is InChI=1S/C21H39N5O6S/c1-6-12(4)17(26-18(28)13(22)9-10-33-5)20(30)24-14(7-8-15(23)27)19(29)25-16(11(2)3)21(31)32/h11-14,16-17H,6-10,22H2,1-5H3,(H2,23,27)(H,24,30)(H,25,29)(H,26,28)(H,31,32). The molecule has 12 heteroatoms. The number of carboxylic acid groups (broad SMARTS) is 1. The van der Waals surface area contributed by atoms with Crippen molar-refractivity contribution in [3.8, 4) is 0 Å². The third-order valence-corrected chi connectivity index (χ3v) is 5.95. The van der Waals surface area contributed by atoms with Crippen molar-refractivity contribution in [2.24, 2.45) is 23.3 Å². The lowest BCUT2D eigenvalue weighted by atomic mass is 9.96. The van der Waals surface area contributed by atoms with Crippen molar-refractivity contribution in [1.29, 1.82) is 0 Å². The molecule has 8 N–H and O–H groups in total. The number of primary amides is 1. The van der Waals surface area contributed by atoms with Gasteiger partial charge in [0.25, 0.3) is 0 Å². The molecule has 0 heterocycles. The lowest BCUT2D eigenvalue weighted by Crippen LogP contribution is -2.59. The predicted octanol–water partition coefficient (Wildman–Crippen LogP) is -0.427. The summed E-state index contributed by atoms with van der Waals surface area (Å²) >= 11 is 1.55. The molecule has 0 bridgehead atoms. The van der Waals surface area contributed by atoms with Crippen LogP contribution in [-0.4, -0.2) is 70.9 Å². The van der Waals surface area contributed by atoms with E-state index in [4.69, 9.17) is 11.5 Å². The second-order valence-electron chi connectivity index (χ2n) is 8.39. The lowest BCUT2D eigenvalue weighted by molar-refractivity contribution is -0.143. The van der Waals surface area contributed by atoms with Crippen LogP contribution in [0.3, 0.4) is 0 Å². The summed E-state index contributed by atoms with van der Waals surface area (Å²) in [5.41, 5.74) is 11.1. The van der Waals surface area contributed by atoms with Gasteiger partial charge in [-0.2, -0.15) is 11.8 Å². The van der Waals surface area contributed by atoms with Gasteiger partial charge in [0.1, 0.15) is 18.1 Å². The Kier molecular flexibility index (Phi) is 14.4. The van der Waals surface area contributed by atoms with Crippen LogP contribution in [0.5, 0.6) is 0 Å². The summed E-state index contributed by atoms with van der Waals surface area (Å²) in [5.74, 6) is -3.75. The van der Waals surface area contributed by atoms with E-state index in [0.29, 0.717) is 18.6 Å². The van der Waals surface area contributed by atoms with Crippen LogP contribution in [-0.2, 0) is 24.0 Å². The van der Waals surface area contributed by atoms with E-state index in [1.807, 2.05) is 13.2 Å². The molecule has 0 aliphatic heterocycles. The van der Waals surface area contributed by atoms with Crippen LogP contribution in [0.15, 0.2) is 0 Å². The minimum Gasteiger partial charge on any atom is -0.480 e. The first-order valence-corrected chi connectivity index (χ1v) is 12.4. The topological polar surface area (TPSA) is 194 Å². The molecule has 0 aliphatic rings. The number of hydrogen-bond donors (Lipinski definition) is 6. The average molecular weight is 490 g/mol. The molecule has 0 saturated carbocycles. The minimum atomic E-state index is -1.22. The molecule has 4 amide bonds. The number of nitrogens with two attached hydrogens (primary N) is 2. The van der Waals surface area contributed by atoms with Gasteiger partial charge in [-0.3, -0.25) is 19.2 Å². The summed E-state index contributed by atoms with van der Waals surface area (Å²) in [6, 6.07) is -4.13. The highest BCUT2D eigenvalue weighted by Gasteiger charge is 2.33. The van der Waals surface area contributed by atoms with Crippen molar-refractivity contribution in [2.45, 2.75) is 77.5 Å². The molecule has 11 nitrogen and oxygen atoms in total. The van der Waals surface area contributed by atoms with E-state index in [2.05, 4.69) is 16.0 Å². The monoisotopic (exact) mass is 489 g/mol. The van der Waals surface area contributed by atoms with Crippen LogP contribution < -0.4 is 27.4 Å². The highest BCUT2D eigenvalue weighted by molar-refractivity contribution is 7.98. The van der Waals surface area contributed by atoms with Gasteiger partial charge in [0.05, 0.1) is 6.04 Å². The number of hydrogen-bond acceptors (Lipinski definition) is 7. The smallest absolute Gasteiger partial charge is 0.326 e. The maximum Gasteiger partial charge on any atom is 0.326 e. The van der Waals surface area contributed by atoms with Gasteiger partial charge in [-0.05, 0) is 36.7 Å². The van der Waals surface area contributed by atoms with E-state index < -0.39 is 59.7 Å². The van der Waals surface area contributed by atoms with E-state index in [9.17, 15) is 29.1 Å². The fourth-order valence-electron chi connectivity index (χ4n) is 2.92. The molecule has 190 valence electrons. The van der Waals surface area contributed by atoms with Crippen molar-refractivity contribution in [2.75, 3.05) is 12.0 Å². The number of rotatable bonds is 16. The molecular weight excluding hydrogens is 450 g/mol. The number of carbonyl (C=O) groups excluding carboxylic acids is 4. The van der Waals surface area contributed by atoms with Gasteiger partial charge in [0.2, 0.25) is 23.6 Å². The fraction of sp³-hybridized carbons (Fsp3) is 0.762. The quantitative estimate of drug-likeness (QED) is 0.168. The van der Waals surface area contributed by atoms with E-state index >= 15 is 0 Å². The SMILES string of the molecule is CCC(C)C(NC(=O)C(N)CCSC)C(=O)NC(CCC(N)=O)C(=O)NC(C(=O)O)C(C)C. The van der Waals surface area contributed by atoms with Crippen LogP contribution in [0.1, 0.15) is 53.4 Å². The Morgan fingerprint density at radius 2 is 1.48 bits per heavy atom. The summed E-state index contributed by atoms with van der Waals surface area (Å²) in [6.07, 6.45) is 2.58.